The molecule has 2 heterocycles. The van der Waals surface area contributed by atoms with Crippen LogP contribution in [0.25, 0.3) is 0 Å². The van der Waals surface area contributed by atoms with Crippen molar-refractivity contribution < 1.29 is 4.79 Å². The lowest BCUT2D eigenvalue weighted by molar-refractivity contribution is 0.0987. The van der Waals surface area contributed by atoms with Crippen LogP contribution in [0.1, 0.15) is 21.7 Å². The fourth-order valence-electron chi connectivity index (χ4n) is 1.71. The lowest BCUT2D eigenvalue weighted by atomic mass is 10.1. The molecule has 0 aliphatic carbocycles. The number of hydrogen-bond acceptors (Lipinski definition) is 3. The van der Waals surface area contributed by atoms with Gasteiger partial charge in [-0.05, 0) is 35.0 Å². The summed E-state index contributed by atoms with van der Waals surface area (Å²) < 4.78 is 2.25. The number of carbonyl (C=O) groups is 1. The molecule has 18 heavy (non-hydrogen) atoms. The van der Waals surface area contributed by atoms with Gasteiger partial charge in [-0.15, -0.1) is 0 Å². The topological polar surface area (TPSA) is 47.8 Å². The molecule has 0 amide bonds. The Morgan fingerprint density at radius 1 is 1.56 bits per heavy atom. The van der Waals surface area contributed by atoms with Gasteiger partial charge >= 0.3 is 0 Å². The zero-order valence-corrected chi connectivity index (χ0v) is 12.3. The average molecular weight is 329 g/mol. The summed E-state index contributed by atoms with van der Waals surface area (Å²) in [5.74, 6) is -0.0829. The molecule has 2 rings (SSSR count). The van der Waals surface area contributed by atoms with Crippen molar-refractivity contribution in [2.24, 2.45) is 7.05 Å². The van der Waals surface area contributed by atoms with Gasteiger partial charge in [0.25, 0.3) is 0 Å². The first kappa shape index (κ1) is 13.2. The number of nitrogens with zero attached hydrogens (tertiary/aromatic N) is 3. The van der Waals surface area contributed by atoms with E-state index < -0.39 is 0 Å². The molecule has 0 N–H and O–H groups in total. The van der Waals surface area contributed by atoms with Gasteiger partial charge in [0.15, 0.2) is 5.78 Å². The standard InChI is InChI=1S/C12H11BrClN3O/c1-7-8(12(14)17(2)16-7)6-10(18)11-9(13)4-3-5-15-11/h3-5H,6H2,1-2H3. The summed E-state index contributed by atoms with van der Waals surface area (Å²) in [5, 5.41) is 4.67. The van der Waals surface area contributed by atoms with Gasteiger partial charge < -0.3 is 0 Å². The SMILES string of the molecule is Cc1nn(C)c(Cl)c1CC(=O)c1ncccc1Br. The van der Waals surface area contributed by atoms with Crippen LogP contribution >= 0.6 is 27.5 Å². The maximum atomic E-state index is 12.2. The van der Waals surface area contributed by atoms with Crippen molar-refractivity contribution in [2.45, 2.75) is 13.3 Å². The molecular weight excluding hydrogens is 318 g/mol. The molecule has 0 saturated carbocycles. The number of carbonyl (C=O) groups excluding carboxylic acids is 1. The highest BCUT2D eigenvalue weighted by Crippen LogP contribution is 2.22. The van der Waals surface area contributed by atoms with Crippen LogP contribution in [-0.2, 0) is 13.5 Å². The average Bonchev–Trinajstić information content (AvgIpc) is 2.56. The molecule has 0 unspecified atom stereocenters. The minimum absolute atomic E-state index is 0.0829. The van der Waals surface area contributed by atoms with E-state index >= 15 is 0 Å². The van der Waals surface area contributed by atoms with Crippen LogP contribution in [0, 0.1) is 6.92 Å². The molecule has 2 aromatic heterocycles. The third-order valence-electron chi connectivity index (χ3n) is 2.63. The van der Waals surface area contributed by atoms with E-state index in [1.165, 1.54) is 0 Å². The zero-order chi connectivity index (χ0) is 13.3. The van der Waals surface area contributed by atoms with Gasteiger partial charge in [0, 0.05) is 29.7 Å². The Bertz CT molecular complexity index is 609. The van der Waals surface area contributed by atoms with Gasteiger partial charge in [-0.25, -0.2) is 0 Å². The van der Waals surface area contributed by atoms with Crippen LogP contribution in [0.2, 0.25) is 5.15 Å². The predicted molar refractivity (Wildman–Crippen MR) is 72.9 cm³/mol. The molecular formula is C12H11BrClN3O. The van der Waals surface area contributed by atoms with Crippen molar-refractivity contribution in [3.63, 3.8) is 0 Å². The number of hydrogen-bond donors (Lipinski definition) is 0. The Hall–Kier alpha value is -1.20. The van der Waals surface area contributed by atoms with Crippen molar-refractivity contribution in [3.05, 3.63) is 44.9 Å². The third-order valence-corrected chi connectivity index (χ3v) is 3.74. The summed E-state index contributed by atoms with van der Waals surface area (Å²) in [6, 6.07) is 3.56. The second kappa shape index (κ2) is 5.20. The highest BCUT2D eigenvalue weighted by molar-refractivity contribution is 9.10. The molecule has 94 valence electrons. The lowest BCUT2D eigenvalue weighted by Gasteiger charge is -2.02. The van der Waals surface area contributed by atoms with Crippen LogP contribution in [0.3, 0.4) is 0 Å². The minimum atomic E-state index is -0.0829. The molecule has 6 heteroatoms. The second-order valence-corrected chi connectivity index (χ2v) is 5.12. The van der Waals surface area contributed by atoms with Gasteiger partial charge in [-0.2, -0.15) is 5.10 Å². The number of Topliss-reactive ketones (excluding diaryl/α,β-unsaturated/α-hetero) is 1. The van der Waals surface area contributed by atoms with E-state index in [0.717, 1.165) is 11.3 Å². The smallest absolute Gasteiger partial charge is 0.186 e. The van der Waals surface area contributed by atoms with E-state index in [-0.39, 0.29) is 12.2 Å². The Balaban J connectivity index is 2.30. The molecule has 0 spiro atoms. The van der Waals surface area contributed by atoms with Crippen LogP contribution in [0.4, 0.5) is 0 Å². The molecule has 4 nitrogen and oxygen atoms in total. The van der Waals surface area contributed by atoms with E-state index in [9.17, 15) is 4.79 Å². The van der Waals surface area contributed by atoms with E-state index in [2.05, 4.69) is 26.0 Å². The first-order valence-corrected chi connectivity index (χ1v) is 6.49. The summed E-state index contributed by atoms with van der Waals surface area (Å²) >= 11 is 9.42. The van der Waals surface area contributed by atoms with Gasteiger partial charge in [-0.1, -0.05) is 11.6 Å². The van der Waals surface area contributed by atoms with Crippen molar-refractivity contribution in [1.82, 2.24) is 14.8 Å². The number of rotatable bonds is 3. The zero-order valence-electron chi connectivity index (χ0n) is 9.94. The quantitative estimate of drug-likeness (QED) is 0.814. The van der Waals surface area contributed by atoms with E-state index in [1.54, 1.807) is 30.1 Å². The molecule has 0 bridgehead atoms. The monoisotopic (exact) mass is 327 g/mol. The largest absolute Gasteiger partial charge is 0.292 e. The highest BCUT2D eigenvalue weighted by Gasteiger charge is 2.18. The molecule has 0 atom stereocenters. The van der Waals surface area contributed by atoms with Gasteiger partial charge in [0.1, 0.15) is 10.8 Å². The minimum Gasteiger partial charge on any atom is -0.292 e. The van der Waals surface area contributed by atoms with Gasteiger partial charge in [0.2, 0.25) is 0 Å². The molecule has 0 saturated heterocycles. The number of aromatic nitrogens is 3. The maximum absolute atomic E-state index is 12.2. The number of halogens is 2. The van der Waals surface area contributed by atoms with Gasteiger partial charge in [-0.3, -0.25) is 14.5 Å². The van der Waals surface area contributed by atoms with E-state index in [1.807, 2.05) is 6.92 Å². The van der Waals surface area contributed by atoms with E-state index in [0.29, 0.717) is 15.3 Å². The predicted octanol–water partition coefficient (Wildman–Crippen LogP) is 2.96. The fourth-order valence-corrected chi connectivity index (χ4v) is 2.43. The van der Waals surface area contributed by atoms with Crippen LogP contribution in [0.5, 0.6) is 0 Å². The fraction of sp³-hybridized carbons (Fsp3) is 0.250. The summed E-state index contributed by atoms with van der Waals surface area (Å²) in [5.41, 5.74) is 1.93. The number of pyridine rings is 1. The molecule has 0 fully saturated rings. The molecule has 0 radical (unpaired) electrons. The second-order valence-electron chi connectivity index (χ2n) is 3.91. The van der Waals surface area contributed by atoms with Crippen molar-refractivity contribution in [1.29, 1.82) is 0 Å². The van der Waals surface area contributed by atoms with E-state index in [4.69, 9.17) is 11.6 Å². The van der Waals surface area contributed by atoms with Crippen molar-refractivity contribution in [3.8, 4) is 0 Å². The maximum Gasteiger partial charge on any atom is 0.186 e. The summed E-state index contributed by atoms with van der Waals surface area (Å²) in [4.78, 5) is 16.2. The van der Waals surface area contributed by atoms with Crippen LogP contribution in [0.15, 0.2) is 22.8 Å². The van der Waals surface area contributed by atoms with Gasteiger partial charge in [0.05, 0.1) is 5.69 Å². The van der Waals surface area contributed by atoms with Crippen molar-refractivity contribution in [2.75, 3.05) is 0 Å². The van der Waals surface area contributed by atoms with Crippen LogP contribution < -0.4 is 0 Å². The summed E-state index contributed by atoms with van der Waals surface area (Å²) in [6.07, 6.45) is 1.80. The van der Waals surface area contributed by atoms with Crippen LogP contribution in [-0.4, -0.2) is 20.5 Å². The lowest BCUT2D eigenvalue weighted by Crippen LogP contribution is -2.07. The molecule has 0 aromatic carbocycles. The Kier molecular flexibility index (Phi) is 3.82. The third kappa shape index (κ3) is 2.47. The molecule has 2 aromatic rings. The Morgan fingerprint density at radius 2 is 2.28 bits per heavy atom. The first-order chi connectivity index (χ1) is 8.50. The molecule has 0 aliphatic rings. The normalized spacial score (nSPS) is 10.7. The number of ketones is 1. The van der Waals surface area contributed by atoms with Crippen molar-refractivity contribution >= 4 is 33.3 Å². The summed E-state index contributed by atoms with van der Waals surface area (Å²) in [7, 11) is 1.75. The highest BCUT2D eigenvalue weighted by atomic mass is 79.9. The summed E-state index contributed by atoms with van der Waals surface area (Å²) in [6.45, 7) is 1.84. The Morgan fingerprint density at radius 3 is 2.83 bits per heavy atom. The first-order valence-electron chi connectivity index (χ1n) is 5.32. The Labute approximate surface area is 118 Å². The molecule has 0 aliphatic heterocycles. The number of aryl methyl sites for hydroxylation is 2.